The van der Waals surface area contributed by atoms with E-state index in [1.807, 2.05) is 6.92 Å². The van der Waals surface area contributed by atoms with E-state index in [-0.39, 0.29) is 16.5 Å². The Morgan fingerprint density at radius 2 is 2.12 bits per heavy atom. The molecule has 25 heavy (non-hydrogen) atoms. The monoisotopic (exact) mass is 362 g/mol. The number of amides is 1. The highest BCUT2D eigenvalue weighted by molar-refractivity contribution is 7.13. The first kappa shape index (κ1) is 17.2. The van der Waals surface area contributed by atoms with Crippen LogP contribution in [0.2, 0.25) is 0 Å². The summed E-state index contributed by atoms with van der Waals surface area (Å²) in [6.07, 6.45) is 0. The van der Waals surface area contributed by atoms with Gasteiger partial charge in [0.15, 0.2) is 0 Å². The van der Waals surface area contributed by atoms with Crippen LogP contribution in [0.1, 0.15) is 5.56 Å². The zero-order chi connectivity index (χ0) is 17.8. The highest BCUT2D eigenvalue weighted by Crippen LogP contribution is 2.25. The van der Waals surface area contributed by atoms with E-state index in [1.165, 1.54) is 17.4 Å². The number of nitro groups is 1. The number of anilines is 2. The lowest BCUT2D eigenvalue weighted by atomic mass is 10.1. The fourth-order valence-corrected chi connectivity index (χ4v) is 3.31. The molecule has 1 aromatic carbocycles. The third kappa shape index (κ3) is 4.28. The van der Waals surface area contributed by atoms with Crippen LogP contribution >= 0.6 is 11.3 Å². The molecule has 1 saturated heterocycles. The summed E-state index contributed by atoms with van der Waals surface area (Å²) in [6, 6.07) is 4.92. The number of benzene rings is 1. The van der Waals surface area contributed by atoms with Crippen LogP contribution in [0, 0.1) is 17.0 Å². The number of carbonyl (C=O) groups excluding carboxylic acids is 1. The minimum atomic E-state index is -0.384. The fourth-order valence-electron chi connectivity index (χ4n) is 2.84. The molecule has 1 aliphatic rings. The smallest absolute Gasteiger partial charge is 0.269 e. The number of nitro benzene ring substituents is 1. The van der Waals surface area contributed by atoms with Crippen molar-refractivity contribution >= 4 is 33.8 Å². The largest absolute Gasteiger partial charge is 0.369 e. The van der Waals surface area contributed by atoms with Crippen LogP contribution in [0.15, 0.2) is 23.7 Å². The molecule has 132 valence electrons. The second-order valence-corrected chi connectivity index (χ2v) is 6.62. The van der Waals surface area contributed by atoms with Gasteiger partial charge in [-0.15, -0.1) is 10.2 Å². The fraction of sp³-hybridized carbons (Fsp3) is 0.400. The molecule has 0 bridgehead atoms. The van der Waals surface area contributed by atoms with Gasteiger partial charge in [0.25, 0.3) is 5.69 Å². The zero-order valence-electron chi connectivity index (χ0n) is 13.7. The molecule has 2 heterocycles. The second-order valence-electron chi connectivity index (χ2n) is 5.78. The van der Waals surface area contributed by atoms with Gasteiger partial charge >= 0.3 is 0 Å². The van der Waals surface area contributed by atoms with Crippen LogP contribution in [0.25, 0.3) is 0 Å². The minimum absolute atomic E-state index is 0.100. The molecule has 1 fully saturated rings. The summed E-state index contributed by atoms with van der Waals surface area (Å²) >= 11 is 1.29. The Labute approximate surface area is 148 Å². The lowest BCUT2D eigenvalue weighted by Gasteiger charge is -2.36. The van der Waals surface area contributed by atoms with E-state index in [1.54, 1.807) is 17.6 Å². The number of aryl methyl sites for hydroxylation is 1. The molecule has 1 aliphatic heterocycles. The summed E-state index contributed by atoms with van der Waals surface area (Å²) in [5.74, 6) is -0.100. The van der Waals surface area contributed by atoms with Crippen molar-refractivity contribution < 1.29 is 9.72 Å². The summed E-state index contributed by atoms with van der Waals surface area (Å²) in [6.45, 7) is 5.23. The summed E-state index contributed by atoms with van der Waals surface area (Å²) < 4.78 is 0. The molecule has 0 atom stereocenters. The van der Waals surface area contributed by atoms with Crippen LogP contribution in [-0.4, -0.2) is 58.7 Å². The van der Waals surface area contributed by atoms with E-state index in [9.17, 15) is 14.9 Å². The predicted octanol–water partition coefficient (Wildman–Crippen LogP) is 1.52. The average molecular weight is 362 g/mol. The summed E-state index contributed by atoms with van der Waals surface area (Å²) in [5.41, 5.74) is 3.56. The Hall–Kier alpha value is -2.59. The van der Waals surface area contributed by atoms with Crippen molar-refractivity contribution in [2.24, 2.45) is 0 Å². The molecular formula is C15H18N6O3S. The van der Waals surface area contributed by atoms with Crippen LogP contribution in [0.4, 0.5) is 16.5 Å². The van der Waals surface area contributed by atoms with E-state index in [0.29, 0.717) is 11.7 Å². The van der Waals surface area contributed by atoms with Gasteiger partial charge in [-0.2, -0.15) is 0 Å². The van der Waals surface area contributed by atoms with Gasteiger partial charge in [-0.3, -0.25) is 25.1 Å². The van der Waals surface area contributed by atoms with E-state index in [4.69, 9.17) is 0 Å². The first-order chi connectivity index (χ1) is 12.0. The van der Waals surface area contributed by atoms with Gasteiger partial charge in [-0.25, -0.2) is 0 Å². The quantitative estimate of drug-likeness (QED) is 0.635. The summed E-state index contributed by atoms with van der Waals surface area (Å²) in [5, 5.41) is 21.5. The molecular weight excluding hydrogens is 344 g/mol. The Morgan fingerprint density at radius 3 is 2.72 bits per heavy atom. The maximum absolute atomic E-state index is 12.0. The third-order valence-electron chi connectivity index (χ3n) is 4.08. The number of rotatable bonds is 5. The van der Waals surface area contributed by atoms with Crippen molar-refractivity contribution in [2.45, 2.75) is 6.92 Å². The molecule has 0 unspecified atom stereocenters. The van der Waals surface area contributed by atoms with Crippen molar-refractivity contribution in [1.29, 1.82) is 0 Å². The molecule has 1 aromatic heterocycles. The van der Waals surface area contributed by atoms with Gasteiger partial charge < -0.3 is 4.90 Å². The SMILES string of the molecule is Cc1cc([N+](=O)[O-])ccc1N1CCN(CC(=O)Nc2nncs2)CC1. The van der Waals surface area contributed by atoms with Crippen molar-refractivity contribution in [1.82, 2.24) is 15.1 Å². The number of hydrogen-bond donors (Lipinski definition) is 1. The van der Waals surface area contributed by atoms with E-state index < -0.39 is 0 Å². The van der Waals surface area contributed by atoms with E-state index in [0.717, 1.165) is 37.4 Å². The lowest BCUT2D eigenvalue weighted by Crippen LogP contribution is -2.48. The molecule has 0 aliphatic carbocycles. The second kappa shape index (κ2) is 7.53. The number of piperazine rings is 1. The number of aromatic nitrogens is 2. The molecule has 0 saturated carbocycles. The van der Waals surface area contributed by atoms with Crippen LogP contribution in [-0.2, 0) is 4.79 Å². The number of nitrogens with one attached hydrogen (secondary N) is 1. The minimum Gasteiger partial charge on any atom is -0.369 e. The number of carbonyl (C=O) groups is 1. The molecule has 1 amide bonds. The van der Waals surface area contributed by atoms with Gasteiger partial charge in [-0.05, 0) is 18.6 Å². The van der Waals surface area contributed by atoms with Crippen molar-refractivity contribution in [3.63, 3.8) is 0 Å². The number of non-ortho nitro benzene ring substituents is 1. The Morgan fingerprint density at radius 1 is 1.36 bits per heavy atom. The first-order valence-electron chi connectivity index (χ1n) is 7.81. The van der Waals surface area contributed by atoms with Gasteiger partial charge in [-0.1, -0.05) is 11.3 Å². The Bertz CT molecular complexity index is 759. The first-order valence-corrected chi connectivity index (χ1v) is 8.69. The number of hydrogen-bond acceptors (Lipinski definition) is 8. The molecule has 3 rings (SSSR count). The normalized spacial score (nSPS) is 15.2. The topological polar surface area (TPSA) is 104 Å². The Balaban J connectivity index is 1.53. The van der Waals surface area contributed by atoms with Crippen LogP contribution < -0.4 is 10.2 Å². The molecule has 0 radical (unpaired) electrons. The highest BCUT2D eigenvalue weighted by atomic mass is 32.1. The van der Waals surface area contributed by atoms with Gasteiger partial charge in [0.05, 0.1) is 11.5 Å². The summed E-state index contributed by atoms with van der Waals surface area (Å²) in [7, 11) is 0. The Kier molecular flexibility index (Phi) is 5.19. The van der Waals surface area contributed by atoms with Crippen molar-refractivity contribution in [3.8, 4) is 0 Å². The van der Waals surface area contributed by atoms with Gasteiger partial charge in [0, 0.05) is 44.0 Å². The maximum Gasteiger partial charge on any atom is 0.269 e. The van der Waals surface area contributed by atoms with Crippen LogP contribution in [0.5, 0.6) is 0 Å². The standard InChI is InChI=1S/C15H18N6O3S/c1-11-8-12(21(23)24)2-3-13(11)20-6-4-19(5-7-20)9-14(22)17-15-18-16-10-25-15/h2-3,8,10H,4-7,9H2,1H3,(H,17,18,22). The van der Waals surface area contributed by atoms with E-state index >= 15 is 0 Å². The van der Waals surface area contributed by atoms with Crippen LogP contribution in [0.3, 0.4) is 0 Å². The van der Waals surface area contributed by atoms with E-state index in [2.05, 4.69) is 25.3 Å². The predicted molar refractivity (Wildman–Crippen MR) is 95.0 cm³/mol. The molecule has 0 spiro atoms. The molecule has 9 nitrogen and oxygen atoms in total. The van der Waals surface area contributed by atoms with Crippen molar-refractivity contribution in [2.75, 3.05) is 42.9 Å². The van der Waals surface area contributed by atoms with Gasteiger partial charge in [0.2, 0.25) is 11.0 Å². The van der Waals surface area contributed by atoms with Crippen molar-refractivity contribution in [3.05, 3.63) is 39.4 Å². The molecule has 10 heteroatoms. The summed E-state index contributed by atoms with van der Waals surface area (Å²) in [4.78, 5) is 26.7. The maximum atomic E-state index is 12.0. The highest BCUT2D eigenvalue weighted by Gasteiger charge is 2.21. The average Bonchev–Trinajstić information content (AvgIpc) is 3.08. The molecule has 2 aromatic rings. The number of nitrogens with zero attached hydrogens (tertiary/aromatic N) is 5. The molecule has 1 N–H and O–H groups in total. The lowest BCUT2D eigenvalue weighted by molar-refractivity contribution is -0.384. The third-order valence-corrected chi connectivity index (χ3v) is 4.68. The van der Waals surface area contributed by atoms with Gasteiger partial charge in [0.1, 0.15) is 5.51 Å². The zero-order valence-corrected chi connectivity index (χ0v) is 14.5.